The van der Waals surface area contributed by atoms with Crippen LogP contribution in [0.15, 0.2) is 23.3 Å². The first kappa shape index (κ1) is 11.4. The second kappa shape index (κ2) is 4.06. The molecule has 0 unspecified atom stereocenters. The summed E-state index contributed by atoms with van der Waals surface area (Å²) in [6.07, 6.45) is 1.60. The first-order chi connectivity index (χ1) is 7.47. The number of halogens is 1. The molecule has 1 atom stereocenters. The van der Waals surface area contributed by atoms with Crippen molar-refractivity contribution in [2.75, 3.05) is 6.61 Å². The van der Waals surface area contributed by atoms with Gasteiger partial charge in [0.2, 0.25) is 5.90 Å². The van der Waals surface area contributed by atoms with Crippen LogP contribution in [-0.4, -0.2) is 23.5 Å². The Kier molecular flexibility index (Phi) is 2.89. The van der Waals surface area contributed by atoms with E-state index in [4.69, 9.17) is 16.3 Å². The van der Waals surface area contributed by atoms with E-state index in [-0.39, 0.29) is 11.5 Å². The lowest BCUT2D eigenvalue weighted by Crippen LogP contribution is -2.25. The van der Waals surface area contributed by atoms with Crippen LogP contribution >= 0.6 is 11.6 Å². The fourth-order valence-corrected chi connectivity index (χ4v) is 1.57. The van der Waals surface area contributed by atoms with Gasteiger partial charge in [-0.25, -0.2) is 9.98 Å². The highest BCUT2D eigenvalue weighted by Crippen LogP contribution is 2.27. The van der Waals surface area contributed by atoms with Crippen LogP contribution in [0.5, 0.6) is 0 Å². The average Bonchev–Trinajstić information content (AvgIpc) is 2.67. The van der Waals surface area contributed by atoms with Crippen LogP contribution < -0.4 is 0 Å². The molecule has 1 aliphatic rings. The van der Waals surface area contributed by atoms with Crippen molar-refractivity contribution in [2.45, 2.75) is 26.8 Å². The number of hydrogen-bond donors (Lipinski definition) is 0. The molecule has 0 saturated carbocycles. The van der Waals surface area contributed by atoms with Gasteiger partial charge in [-0.3, -0.25) is 0 Å². The van der Waals surface area contributed by atoms with Crippen LogP contribution in [0.2, 0.25) is 5.02 Å². The van der Waals surface area contributed by atoms with Crippen LogP contribution in [0, 0.1) is 5.41 Å². The Morgan fingerprint density at radius 3 is 2.62 bits per heavy atom. The zero-order valence-electron chi connectivity index (χ0n) is 9.70. The van der Waals surface area contributed by atoms with Gasteiger partial charge in [-0.05, 0) is 17.5 Å². The molecule has 0 aliphatic carbocycles. The maximum Gasteiger partial charge on any atom is 0.235 e. The summed E-state index contributed by atoms with van der Waals surface area (Å²) >= 11 is 5.78. The molecule has 2 heterocycles. The summed E-state index contributed by atoms with van der Waals surface area (Å²) < 4.78 is 5.56. The Bertz CT molecular complexity index is 406. The largest absolute Gasteiger partial charge is 0.474 e. The zero-order valence-corrected chi connectivity index (χ0v) is 10.5. The topological polar surface area (TPSA) is 34.5 Å². The number of rotatable bonds is 1. The van der Waals surface area contributed by atoms with Gasteiger partial charge in [-0.15, -0.1) is 0 Å². The van der Waals surface area contributed by atoms with E-state index >= 15 is 0 Å². The number of nitrogens with zero attached hydrogens (tertiary/aromatic N) is 2. The molecule has 0 bridgehead atoms. The summed E-state index contributed by atoms with van der Waals surface area (Å²) in [7, 11) is 0. The van der Waals surface area contributed by atoms with Crippen molar-refractivity contribution in [2.24, 2.45) is 10.4 Å². The first-order valence-corrected chi connectivity index (χ1v) is 5.67. The standard InChI is InChI=1S/C12H15ClN2O/c1-12(2,3)10-7-16-11(15-10)9-5-4-8(13)6-14-9/h4-6,10H,7H2,1-3H3/t10-/m0/s1. The summed E-state index contributed by atoms with van der Waals surface area (Å²) in [5, 5.41) is 0.620. The highest BCUT2D eigenvalue weighted by Gasteiger charge is 2.30. The second-order valence-corrected chi connectivity index (χ2v) is 5.43. The van der Waals surface area contributed by atoms with E-state index < -0.39 is 0 Å². The van der Waals surface area contributed by atoms with Crippen molar-refractivity contribution < 1.29 is 4.74 Å². The van der Waals surface area contributed by atoms with Gasteiger partial charge >= 0.3 is 0 Å². The molecule has 86 valence electrons. The summed E-state index contributed by atoms with van der Waals surface area (Å²) in [5.41, 5.74) is 0.866. The molecule has 1 aromatic rings. The van der Waals surface area contributed by atoms with Gasteiger partial charge < -0.3 is 4.74 Å². The maximum atomic E-state index is 5.78. The second-order valence-electron chi connectivity index (χ2n) is 4.99. The number of aromatic nitrogens is 1. The van der Waals surface area contributed by atoms with Gasteiger partial charge in [0.1, 0.15) is 12.3 Å². The lowest BCUT2D eigenvalue weighted by Gasteiger charge is -2.21. The van der Waals surface area contributed by atoms with Crippen molar-refractivity contribution in [1.82, 2.24) is 4.98 Å². The van der Waals surface area contributed by atoms with E-state index in [0.29, 0.717) is 17.5 Å². The summed E-state index contributed by atoms with van der Waals surface area (Å²) in [4.78, 5) is 8.74. The van der Waals surface area contributed by atoms with E-state index in [1.807, 2.05) is 6.07 Å². The van der Waals surface area contributed by atoms with Gasteiger partial charge in [-0.2, -0.15) is 0 Å². The zero-order chi connectivity index (χ0) is 11.8. The van der Waals surface area contributed by atoms with Crippen LogP contribution in [-0.2, 0) is 4.74 Å². The maximum absolute atomic E-state index is 5.78. The Morgan fingerprint density at radius 2 is 2.12 bits per heavy atom. The molecule has 0 amide bonds. The molecule has 1 aromatic heterocycles. The predicted molar refractivity (Wildman–Crippen MR) is 65.0 cm³/mol. The monoisotopic (exact) mass is 238 g/mol. The minimum absolute atomic E-state index is 0.119. The number of aliphatic imine (C=N–C) groups is 1. The molecular formula is C12H15ClN2O. The van der Waals surface area contributed by atoms with Crippen molar-refractivity contribution in [3.05, 3.63) is 29.0 Å². The summed E-state index contributed by atoms with van der Waals surface area (Å²) in [6, 6.07) is 3.81. The van der Waals surface area contributed by atoms with Crippen molar-refractivity contribution in [3.63, 3.8) is 0 Å². The van der Waals surface area contributed by atoms with Gasteiger partial charge in [0.25, 0.3) is 0 Å². The molecule has 0 radical (unpaired) electrons. The molecule has 3 nitrogen and oxygen atoms in total. The Morgan fingerprint density at radius 1 is 1.38 bits per heavy atom. The molecule has 1 aliphatic heterocycles. The van der Waals surface area contributed by atoms with E-state index in [9.17, 15) is 0 Å². The Labute approximate surface area is 101 Å². The highest BCUT2D eigenvalue weighted by atomic mass is 35.5. The number of hydrogen-bond acceptors (Lipinski definition) is 3. The van der Waals surface area contributed by atoms with Crippen LogP contribution in [0.4, 0.5) is 0 Å². The van der Waals surface area contributed by atoms with Crippen LogP contribution in [0.1, 0.15) is 26.5 Å². The molecule has 0 fully saturated rings. The minimum Gasteiger partial charge on any atom is -0.474 e. The molecule has 0 saturated heterocycles. The fraction of sp³-hybridized carbons (Fsp3) is 0.500. The minimum atomic E-state index is 0.119. The van der Waals surface area contributed by atoms with Crippen molar-refractivity contribution in [1.29, 1.82) is 0 Å². The molecule has 2 rings (SSSR count). The highest BCUT2D eigenvalue weighted by molar-refractivity contribution is 6.30. The SMILES string of the molecule is CC(C)(C)[C@@H]1COC(c2ccc(Cl)cn2)=N1. The number of pyridine rings is 1. The third-order valence-electron chi connectivity index (χ3n) is 2.60. The third-order valence-corrected chi connectivity index (χ3v) is 2.82. The Balaban J connectivity index is 2.21. The summed E-state index contributed by atoms with van der Waals surface area (Å²) in [5.74, 6) is 0.622. The average molecular weight is 239 g/mol. The normalized spacial score (nSPS) is 20.5. The lowest BCUT2D eigenvalue weighted by molar-refractivity contribution is 0.235. The van der Waals surface area contributed by atoms with Crippen LogP contribution in [0.25, 0.3) is 0 Å². The van der Waals surface area contributed by atoms with Crippen LogP contribution in [0.3, 0.4) is 0 Å². The van der Waals surface area contributed by atoms with E-state index in [0.717, 1.165) is 5.69 Å². The summed E-state index contributed by atoms with van der Waals surface area (Å²) in [6.45, 7) is 7.09. The molecular weight excluding hydrogens is 224 g/mol. The molecule has 0 N–H and O–H groups in total. The molecule has 0 aromatic carbocycles. The van der Waals surface area contributed by atoms with Gasteiger partial charge in [0.05, 0.1) is 11.1 Å². The van der Waals surface area contributed by atoms with Crippen molar-refractivity contribution >= 4 is 17.5 Å². The Hall–Kier alpha value is -1.09. The molecule has 16 heavy (non-hydrogen) atoms. The third kappa shape index (κ3) is 2.35. The molecule has 4 heteroatoms. The van der Waals surface area contributed by atoms with Gasteiger partial charge in [0, 0.05) is 6.20 Å². The molecule has 0 spiro atoms. The smallest absolute Gasteiger partial charge is 0.235 e. The van der Waals surface area contributed by atoms with E-state index in [2.05, 4.69) is 30.7 Å². The number of ether oxygens (including phenoxy) is 1. The van der Waals surface area contributed by atoms with E-state index in [1.165, 1.54) is 0 Å². The quantitative estimate of drug-likeness (QED) is 0.754. The predicted octanol–water partition coefficient (Wildman–Crippen LogP) is 2.93. The van der Waals surface area contributed by atoms with Gasteiger partial charge in [-0.1, -0.05) is 32.4 Å². The van der Waals surface area contributed by atoms with E-state index in [1.54, 1.807) is 12.3 Å². The van der Waals surface area contributed by atoms with Crippen molar-refractivity contribution in [3.8, 4) is 0 Å². The fourth-order valence-electron chi connectivity index (χ4n) is 1.46. The van der Waals surface area contributed by atoms with Gasteiger partial charge in [0.15, 0.2) is 0 Å². The lowest BCUT2D eigenvalue weighted by atomic mass is 9.88. The first-order valence-electron chi connectivity index (χ1n) is 5.29.